The fraction of sp³-hybridized carbons (Fsp3) is 0.500. The molecule has 0 fully saturated rings. The molecule has 1 atom stereocenters. The van der Waals surface area contributed by atoms with Crippen molar-refractivity contribution in [2.45, 2.75) is 32.6 Å². The average molecular weight is 264 g/mol. The number of carboxylic acid groups (broad SMARTS) is 1. The van der Waals surface area contributed by atoms with E-state index < -0.39 is 5.97 Å². The van der Waals surface area contributed by atoms with Crippen LogP contribution >= 0.6 is 0 Å². The predicted octanol–water partition coefficient (Wildman–Crippen LogP) is 1.63. The fourth-order valence-electron chi connectivity index (χ4n) is 1.66. The number of carboxylic acids is 1. The SMILES string of the molecule is CC(CCCNC(=O)CCc1ccncc1)C(=O)O. The summed E-state index contributed by atoms with van der Waals surface area (Å²) in [7, 11) is 0. The molecule has 1 amide bonds. The summed E-state index contributed by atoms with van der Waals surface area (Å²) in [4.78, 5) is 26.1. The largest absolute Gasteiger partial charge is 0.481 e. The molecular formula is C14H20N2O3. The smallest absolute Gasteiger partial charge is 0.306 e. The Balaban J connectivity index is 2.10. The third kappa shape index (κ3) is 6.55. The fourth-order valence-corrected chi connectivity index (χ4v) is 1.66. The topological polar surface area (TPSA) is 79.3 Å². The van der Waals surface area contributed by atoms with Gasteiger partial charge in [-0.1, -0.05) is 6.92 Å². The second-order valence-corrected chi connectivity index (χ2v) is 4.59. The molecule has 1 unspecified atom stereocenters. The minimum absolute atomic E-state index is 0.000194. The first-order chi connectivity index (χ1) is 9.09. The molecule has 0 bridgehead atoms. The molecule has 0 aliphatic carbocycles. The first-order valence-corrected chi connectivity index (χ1v) is 6.48. The molecule has 5 heteroatoms. The van der Waals surface area contributed by atoms with E-state index >= 15 is 0 Å². The van der Waals surface area contributed by atoms with Gasteiger partial charge in [0.25, 0.3) is 0 Å². The first-order valence-electron chi connectivity index (χ1n) is 6.48. The number of carbonyl (C=O) groups excluding carboxylic acids is 1. The summed E-state index contributed by atoms with van der Waals surface area (Å²) in [5.41, 5.74) is 1.09. The number of hydrogen-bond donors (Lipinski definition) is 2. The molecule has 0 saturated heterocycles. The molecule has 1 aromatic heterocycles. The maximum atomic E-state index is 11.6. The number of rotatable bonds is 8. The summed E-state index contributed by atoms with van der Waals surface area (Å²) in [5.74, 6) is -1.14. The Morgan fingerprint density at radius 3 is 2.68 bits per heavy atom. The number of hydrogen-bond acceptors (Lipinski definition) is 3. The molecule has 2 N–H and O–H groups in total. The number of nitrogens with one attached hydrogen (secondary N) is 1. The Morgan fingerprint density at radius 1 is 1.37 bits per heavy atom. The molecule has 1 aromatic rings. The van der Waals surface area contributed by atoms with Gasteiger partial charge < -0.3 is 10.4 Å². The van der Waals surface area contributed by atoms with E-state index in [9.17, 15) is 9.59 Å². The molecule has 0 radical (unpaired) electrons. The lowest BCUT2D eigenvalue weighted by Gasteiger charge is -2.07. The summed E-state index contributed by atoms with van der Waals surface area (Å²) < 4.78 is 0. The highest BCUT2D eigenvalue weighted by Gasteiger charge is 2.10. The zero-order valence-corrected chi connectivity index (χ0v) is 11.1. The van der Waals surface area contributed by atoms with Crippen LogP contribution in [0.2, 0.25) is 0 Å². The van der Waals surface area contributed by atoms with Crippen LogP contribution < -0.4 is 5.32 Å². The van der Waals surface area contributed by atoms with Crippen molar-refractivity contribution in [1.82, 2.24) is 10.3 Å². The summed E-state index contributed by atoms with van der Waals surface area (Å²) in [6, 6.07) is 3.78. The van der Waals surface area contributed by atoms with Crippen LogP contribution in [0.1, 0.15) is 31.7 Å². The molecule has 0 aliphatic rings. The monoisotopic (exact) mass is 264 g/mol. The molecule has 0 saturated carbocycles. The van der Waals surface area contributed by atoms with Gasteiger partial charge in [0.1, 0.15) is 0 Å². The number of aryl methyl sites for hydroxylation is 1. The Bertz CT molecular complexity index is 406. The van der Waals surface area contributed by atoms with Gasteiger partial charge in [-0.25, -0.2) is 0 Å². The molecule has 5 nitrogen and oxygen atoms in total. The minimum Gasteiger partial charge on any atom is -0.481 e. The van der Waals surface area contributed by atoms with Crippen molar-refractivity contribution >= 4 is 11.9 Å². The van der Waals surface area contributed by atoms with Gasteiger partial charge in [0.2, 0.25) is 5.91 Å². The summed E-state index contributed by atoms with van der Waals surface area (Å²) in [5, 5.41) is 11.5. The molecular weight excluding hydrogens is 244 g/mol. The van der Waals surface area contributed by atoms with E-state index in [0.717, 1.165) is 5.56 Å². The maximum absolute atomic E-state index is 11.6. The van der Waals surface area contributed by atoms with E-state index in [0.29, 0.717) is 32.2 Å². The number of aromatic nitrogens is 1. The molecule has 1 rings (SSSR count). The van der Waals surface area contributed by atoms with E-state index in [2.05, 4.69) is 10.3 Å². The molecule has 104 valence electrons. The quantitative estimate of drug-likeness (QED) is 0.699. The normalized spacial score (nSPS) is 11.8. The highest BCUT2D eigenvalue weighted by atomic mass is 16.4. The standard InChI is InChI=1S/C14H20N2O3/c1-11(14(18)19)3-2-8-16-13(17)5-4-12-6-9-15-10-7-12/h6-7,9-11H,2-5,8H2,1H3,(H,16,17)(H,18,19). The second-order valence-electron chi connectivity index (χ2n) is 4.59. The van der Waals surface area contributed by atoms with Crippen LogP contribution in [0.25, 0.3) is 0 Å². The first kappa shape index (κ1) is 15.1. The van der Waals surface area contributed by atoms with E-state index in [1.54, 1.807) is 19.3 Å². The van der Waals surface area contributed by atoms with Crippen molar-refractivity contribution < 1.29 is 14.7 Å². The van der Waals surface area contributed by atoms with Crippen LogP contribution in [-0.4, -0.2) is 28.5 Å². The zero-order chi connectivity index (χ0) is 14.1. The zero-order valence-electron chi connectivity index (χ0n) is 11.1. The lowest BCUT2D eigenvalue weighted by atomic mass is 10.1. The molecule has 0 spiro atoms. The Labute approximate surface area is 113 Å². The number of pyridine rings is 1. The van der Waals surface area contributed by atoms with Crippen LogP contribution in [-0.2, 0) is 16.0 Å². The number of nitrogens with zero attached hydrogens (tertiary/aromatic N) is 1. The van der Waals surface area contributed by atoms with Crippen LogP contribution in [0.5, 0.6) is 0 Å². The summed E-state index contributed by atoms with van der Waals surface area (Å²) in [6.45, 7) is 2.21. The predicted molar refractivity (Wildman–Crippen MR) is 71.6 cm³/mol. The van der Waals surface area contributed by atoms with Crippen molar-refractivity contribution in [2.75, 3.05) is 6.54 Å². The third-order valence-corrected chi connectivity index (χ3v) is 2.95. The van der Waals surface area contributed by atoms with Gasteiger partial charge >= 0.3 is 5.97 Å². The van der Waals surface area contributed by atoms with Crippen molar-refractivity contribution in [3.63, 3.8) is 0 Å². The van der Waals surface area contributed by atoms with E-state index in [1.165, 1.54) is 0 Å². The number of amides is 1. The van der Waals surface area contributed by atoms with Crippen molar-refractivity contribution in [1.29, 1.82) is 0 Å². The molecule has 19 heavy (non-hydrogen) atoms. The van der Waals surface area contributed by atoms with Crippen LogP contribution in [0.4, 0.5) is 0 Å². The third-order valence-electron chi connectivity index (χ3n) is 2.95. The van der Waals surface area contributed by atoms with E-state index in [1.807, 2.05) is 12.1 Å². The van der Waals surface area contributed by atoms with Crippen molar-refractivity contribution in [3.05, 3.63) is 30.1 Å². The van der Waals surface area contributed by atoms with Gasteiger partial charge in [-0.2, -0.15) is 0 Å². The van der Waals surface area contributed by atoms with Gasteiger partial charge in [0.05, 0.1) is 5.92 Å². The molecule has 0 aromatic carbocycles. The van der Waals surface area contributed by atoms with Crippen LogP contribution in [0, 0.1) is 5.92 Å². The Kier molecular flexibility index (Phi) is 6.57. The maximum Gasteiger partial charge on any atom is 0.306 e. The van der Waals surface area contributed by atoms with E-state index in [-0.39, 0.29) is 11.8 Å². The lowest BCUT2D eigenvalue weighted by molar-refractivity contribution is -0.141. The van der Waals surface area contributed by atoms with Crippen molar-refractivity contribution in [2.24, 2.45) is 5.92 Å². The van der Waals surface area contributed by atoms with Gasteiger partial charge in [-0.05, 0) is 37.0 Å². The highest BCUT2D eigenvalue weighted by Crippen LogP contribution is 2.04. The number of aliphatic carboxylic acids is 1. The van der Waals surface area contributed by atoms with Gasteiger partial charge in [-0.15, -0.1) is 0 Å². The highest BCUT2D eigenvalue weighted by molar-refractivity contribution is 5.76. The number of carbonyl (C=O) groups is 2. The lowest BCUT2D eigenvalue weighted by Crippen LogP contribution is -2.25. The molecule has 1 heterocycles. The molecule has 0 aliphatic heterocycles. The minimum atomic E-state index is -0.788. The van der Waals surface area contributed by atoms with Crippen molar-refractivity contribution in [3.8, 4) is 0 Å². The van der Waals surface area contributed by atoms with Gasteiger partial charge in [0.15, 0.2) is 0 Å². The van der Waals surface area contributed by atoms with Gasteiger partial charge in [-0.3, -0.25) is 14.6 Å². The summed E-state index contributed by atoms with van der Waals surface area (Å²) >= 11 is 0. The summed E-state index contributed by atoms with van der Waals surface area (Å²) in [6.07, 6.45) is 5.83. The van der Waals surface area contributed by atoms with Gasteiger partial charge in [0, 0.05) is 25.4 Å². The van der Waals surface area contributed by atoms with Crippen LogP contribution in [0.3, 0.4) is 0 Å². The Morgan fingerprint density at radius 2 is 2.05 bits per heavy atom. The van der Waals surface area contributed by atoms with Crippen LogP contribution in [0.15, 0.2) is 24.5 Å². The second kappa shape index (κ2) is 8.24. The average Bonchev–Trinajstić information content (AvgIpc) is 2.42. The Hall–Kier alpha value is -1.91. The van der Waals surface area contributed by atoms with E-state index in [4.69, 9.17) is 5.11 Å².